The van der Waals surface area contributed by atoms with Crippen LogP contribution in [0.1, 0.15) is 32.3 Å². The summed E-state index contributed by atoms with van der Waals surface area (Å²) in [6.45, 7) is 6.40. The monoisotopic (exact) mass is 303 g/mol. The lowest BCUT2D eigenvalue weighted by atomic mass is 9.99. The maximum absolute atomic E-state index is 12.2. The first-order chi connectivity index (χ1) is 10.5. The molecule has 0 aliphatic carbocycles. The summed E-state index contributed by atoms with van der Waals surface area (Å²) in [6, 6.07) is 9.41. The van der Waals surface area contributed by atoms with Gasteiger partial charge in [0, 0.05) is 0 Å². The predicted molar refractivity (Wildman–Crippen MR) is 86.7 cm³/mol. The number of likely N-dealkylation sites (tertiary alicyclic amines) is 1. The van der Waals surface area contributed by atoms with Gasteiger partial charge in [-0.15, -0.1) is 0 Å². The van der Waals surface area contributed by atoms with Crippen molar-refractivity contribution in [3.63, 3.8) is 0 Å². The first-order valence-electron chi connectivity index (χ1n) is 8.22. The standard InChI is InChI=1S/C18H26N2O2/c1-14-8-10-20(11-9-14)13-18(22)19-17(15(2)21)12-16-6-4-3-5-7-16/h3-7,14,17H,8-13H2,1-2H3,(H,19,22)/p+1/t17-/m0/s1. The Morgan fingerprint density at radius 1 is 1.23 bits per heavy atom. The van der Waals surface area contributed by atoms with Gasteiger partial charge in [0.1, 0.15) is 0 Å². The van der Waals surface area contributed by atoms with Crippen molar-refractivity contribution < 1.29 is 14.5 Å². The van der Waals surface area contributed by atoms with E-state index in [1.165, 1.54) is 17.7 Å². The predicted octanol–water partition coefficient (Wildman–Crippen LogP) is 0.618. The topological polar surface area (TPSA) is 50.6 Å². The minimum atomic E-state index is -0.419. The molecule has 1 aliphatic heterocycles. The highest BCUT2D eigenvalue weighted by atomic mass is 16.2. The first kappa shape index (κ1) is 16.7. The fraction of sp³-hybridized carbons (Fsp3) is 0.556. The molecule has 1 saturated heterocycles. The van der Waals surface area contributed by atoms with Gasteiger partial charge < -0.3 is 10.2 Å². The van der Waals surface area contributed by atoms with Crippen LogP contribution < -0.4 is 10.2 Å². The number of amides is 1. The maximum Gasteiger partial charge on any atom is 0.275 e. The number of Topliss-reactive ketones (excluding diaryl/α,β-unsaturated/α-hetero) is 1. The Bertz CT molecular complexity index is 493. The van der Waals surface area contributed by atoms with Crippen molar-refractivity contribution in [2.75, 3.05) is 19.6 Å². The molecule has 120 valence electrons. The van der Waals surface area contributed by atoms with Gasteiger partial charge in [-0.25, -0.2) is 0 Å². The summed E-state index contributed by atoms with van der Waals surface area (Å²) in [4.78, 5) is 25.3. The number of hydrogen-bond donors (Lipinski definition) is 2. The zero-order valence-corrected chi connectivity index (χ0v) is 13.6. The third-order valence-corrected chi connectivity index (χ3v) is 4.50. The lowest BCUT2D eigenvalue weighted by Crippen LogP contribution is -3.14. The highest BCUT2D eigenvalue weighted by molar-refractivity contribution is 5.88. The van der Waals surface area contributed by atoms with E-state index in [-0.39, 0.29) is 11.7 Å². The second-order valence-corrected chi connectivity index (χ2v) is 6.53. The van der Waals surface area contributed by atoms with Gasteiger partial charge in [0.05, 0.1) is 19.1 Å². The molecule has 2 rings (SSSR count). The van der Waals surface area contributed by atoms with Crippen LogP contribution in [-0.4, -0.2) is 37.4 Å². The van der Waals surface area contributed by atoms with E-state index < -0.39 is 6.04 Å². The van der Waals surface area contributed by atoms with Gasteiger partial charge in [-0.1, -0.05) is 37.3 Å². The van der Waals surface area contributed by atoms with Gasteiger partial charge in [-0.3, -0.25) is 9.59 Å². The molecule has 0 radical (unpaired) electrons. The average Bonchev–Trinajstić information content (AvgIpc) is 2.50. The number of quaternary nitrogens is 1. The molecular weight excluding hydrogens is 276 g/mol. The number of nitrogens with one attached hydrogen (secondary N) is 2. The molecule has 4 heteroatoms. The molecule has 0 bridgehead atoms. The van der Waals surface area contributed by atoms with Gasteiger partial charge in [-0.2, -0.15) is 0 Å². The summed E-state index contributed by atoms with van der Waals surface area (Å²) >= 11 is 0. The normalized spacial score (nSPS) is 22.8. The van der Waals surface area contributed by atoms with Gasteiger partial charge in [0.2, 0.25) is 0 Å². The Kier molecular flexibility index (Phi) is 6.13. The number of benzene rings is 1. The summed E-state index contributed by atoms with van der Waals surface area (Å²) in [5.74, 6) is 0.773. The number of rotatable bonds is 6. The van der Waals surface area contributed by atoms with Crippen molar-refractivity contribution in [1.29, 1.82) is 0 Å². The minimum absolute atomic E-state index is 0.0133. The second-order valence-electron chi connectivity index (χ2n) is 6.53. The van der Waals surface area contributed by atoms with Crippen molar-refractivity contribution in [2.45, 2.75) is 39.2 Å². The SMILES string of the molecule is CC(=O)[C@H](Cc1ccccc1)NC(=O)C[NH+]1CCC(C)CC1. The lowest BCUT2D eigenvalue weighted by molar-refractivity contribution is -0.898. The molecule has 1 aromatic carbocycles. The van der Waals surface area contributed by atoms with E-state index in [4.69, 9.17) is 0 Å². The fourth-order valence-corrected chi connectivity index (χ4v) is 2.97. The van der Waals surface area contributed by atoms with Crippen molar-refractivity contribution in [3.05, 3.63) is 35.9 Å². The van der Waals surface area contributed by atoms with Crippen molar-refractivity contribution in [3.8, 4) is 0 Å². The number of ketones is 1. The summed E-state index contributed by atoms with van der Waals surface area (Å²) < 4.78 is 0. The van der Waals surface area contributed by atoms with Gasteiger partial charge in [0.15, 0.2) is 12.3 Å². The molecule has 0 saturated carbocycles. The fourth-order valence-electron chi connectivity index (χ4n) is 2.97. The van der Waals surface area contributed by atoms with E-state index >= 15 is 0 Å². The molecule has 0 aromatic heterocycles. The molecule has 1 fully saturated rings. The highest BCUT2D eigenvalue weighted by Crippen LogP contribution is 2.06. The molecule has 4 nitrogen and oxygen atoms in total. The van der Waals surface area contributed by atoms with E-state index in [9.17, 15) is 9.59 Å². The first-order valence-corrected chi connectivity index (χ1v) is 8.22. The quantitative estimate of drug-likeness (QED) is 0.809. The zero-order valence-electron chi connectivity index (χ0n) is 13.6. The maximum atomic E-state index is 12.2. The van der Waals surface area contributed by atoms with Crippen LogP contribution in [0.2, 0.25) is 0 Å². The third-order valence-electron chi connectivity index (χ3n) is 4.50. The Balaban J connectivity index is 1.85. The largest absolute Gasteiger partial charge is 0.341 e. The summed E-state index contributed by atoms with van der Waals surface area (Å²) in [5, 5.41) is 2.91. The molecule has 2 N–H and O–H groups in total. The molecule has 1 aliphatic rings. The average molecular weight is 303 g/mol. The molecule has 1 amide bonds. The lowest BCUT2D eigenvalue weighted by Gasteiger charge is -2.27. The van der Waals surface area contributed by atoms with Gasteiger partial charge >= 0.3 is 0 Å². The highest BCUT2D eigenvalue weighted by Gasteiger charge is 2.24. The van der Waals surface area contributed by atoms with Gasteiger partial charge in [-0.05, 0) is 37.7 Å². The van der Waals surface area contributed by atoms with Crippen LogP contribution in [0.4, 0.5) is 0 Å². The van der Waals surface area contributed by atoms with Crippen LogP contribution in [0.25, 0.3) is 0 Å². The van der Waals surface area contributed by atoms with Crippen LogP contribution in [0, 0.1) is 5.92 Å². The van der Waals surface area contributed by atoms with Crippen LogP contribution in [0.5, 0.6) is 0 Å². The number of hydrogen-bond acceptors (Lipinski definition) is 2. The molecule has 1 aromatic rings. The van der Waals surface area contributed by atoms with Gasteiger partial charge in [0.25, 0.3) is 5.91 Å². The molecular formula is C18H27N2O2+. The number of carbonyl (C=O) groups excluding carboxylic acids is 2. The minimum Gasteiger partial charge on any atom is -0.341 e. The van der Waals surface area contributed by atoms with Crippen LogP contribution in [-0.2, 0) is 16.0 Å². The van der Waals surface area contributed by atoms with E-state index in [0.717, 1.165) is 24.6 Å². The third kappa shape index (κ3) is 5.26. The van der Waals surface area contributed by atoms with E-state index in [2.05, 4.69) is 12.2 Å². The summed E-state index contributed by atoms with van der Waals surface area (Å²) in [6.07, 6.45) is 2.93. The molecule has 0 unspecified atom stereocenters. The number of piperidine rings is 1. The Hall–Kier alpha value is -1.68. The van der Waals surface area contributed by atoms with Crippen molar-refractivity contribution in [2.24, 2.45) is 5.92 Å². The summed E-state index contributed by atoms with van der Waals surface area (Å²) in [5.41, 5.74) is 1.07. The van der Waals surface area contributed by atoms with Crippen molar-refractivity contribution >= 4 is 11.7 Å². The Morgan fingerprint density at radius 3 is 2.45 bits per heavy atom. The van der Waals surface area contributed by atoms with Crippen LogP contribution in [0.3, 0.4) is 0 Å². The van der Waals surface area contributed by atoms with E-state index in [1.807, 2.05) is 30.3 Å². The Labute approximate surface area is 132 Å². The van der Waals surface area contributed by atoms with E-state index in [0.29, 0.717) is 13.0 Å². The smallest absolute Gasteiger partial charge is 0.275 e. The molecule has 1 heterocycles. The van der Waals surface area contributed by atoms with Crippen molar-refractivity contribution in [1.82, 2.24) is 5.32 Å². The number of carbonyl (C=O) groups is 2. The molecule has 1 atom stereocenters. The second kappa shape index (κ2) is 8.08. The summed E-state index contributed by atoms with van der Waals surface area (Å²) in [7, 11) is 0. The molecule has 22 heavy (non-hydrogen) atoms. The zero-order chi connectivity index (χ0) is 15.9. The van der Waals surface area contributed by atoms with E-state index in [1.54, 1.807) is 6.92 Å². The Morgan fingerprint density at radius 2 is 1.86 bits per heavy atom. The van der Waals surface area contributed by atoms with Crippen LogP contribution >= 0.6 is 0 Å². The molecule has 0 spiro atoms. The van der Waals surface area contributed by atoms with Crippen LogP contribution in [0.15, 0.2) is 30.3 Å².